The van der Waals surface area contributed by atoms with Gasteiger partial charge in [-0.2, -0.15) is 0 Å². The topological polar surface area (TPSA) is 21.3 Å². The fourth-order valence-corrected chi connectivity index (χ4v) is 2.39. The molecule has 0 saturated carbocycles. The lowest BCUT2D eigenvalue weighted by molar-refractivity contribution is 0.414. The first kappa shape index (κ1) is 16.5. The van der Waals surface area contributed by atoms with Crippen LogP contribution in [0.4, 0.5) is 4.39 Å². The van der Waals surface area contributed by atoms with Crippen molar-refractivity contribution in [1.82, 2.24) is 5.32 Å². The number of methoxy groups -OCH3 is 1. The number of rotatable bonds is 8. The van der Waals surface area contributed by atoms with E-state index in [1.54, 1.807) is 7.11 Å². The molecule has 1 N–H and O–H groups in total. The molecule has 0 fully saturated rings. The van der Waals surface area contributed by atoms with Crippen molar-refractivity contribution >= 4 is 0 Å². The normalized spacial score (nSPS) is 12.1. The van der Waals surface area contributed by atoms with Gasteiger partial charge >= 0.3 is 0 Å². The van der Waals surface area contributed by atoms with Gasteiger partial charge in [-0.1, -0.05) is 24.3 Å². The molecule has 118 valence electrons. The van der Waals surface area contributed by atoms with E-state index in [9.17, 15) is 4.39 Å². The zero-order valence-electron chi connectivity index (χ0n) is 13.3. The molecule has 0 aliphatic carbocycles. The maximum atomic E-state index is 12.8. The van der Waals surface area contributed by atoms with Gasteiger partial charge in [-0.05, 0) is 68.1 Å². The zero-order valence-corrected chi connectivity index (χ0v) is 13.3. The van der Waals surface area contributed by atoms with Gasteiger partial charge in [-0.15, -0.1) is 0 Å². The van der Waals surface area contributed by atoms with E-state index in [0.29, 0.717) is 6.04 Å². The molecule has 0 spiro atoms. The minimum absolute atomic E-state index is 0.176. The van der Waals surface area contributed by atoms with Crippen LogP contribution in [-0.4, -0.2) is 19.7 Å². The Kier molecular flexibility index (Phi) is 6.41. The van der Waals surface area contributed by atoms with Crippen molar-refractivity contribution < 1.29 is 9.13 Å². The summed E-state index contributed by atoms with van der Waals surface area (Å²) in [5, 5.41) is 3.52. The van der Waals surface area contributed by atoms with E-state index in [0.717, 1.165) is 37.1 Å². The maximum Gasteiger partial charge on any atom is 0.123 e. The fourth-order valence-electron chi connectivity index (χ4n) is 2.39. The number of hydrogen-bond acceptors (Lipinski definition) is 2. The van der Waals surface area contributed by atoms with Crippen LogP contribution >= 0.6 is 0 Å². The molecule has 1 atom stereocenters. The average molecular weight is 301 g/mol. The molecule has 0 bridgehead atoms. The lowest BCUT2D eigenvalue weighted by atomic mass is 10.1. The zero-order chi connectivity index (χ0) is 15.8. The van der Waals surface area contributed by atoms with Crippen LogP contribution in [0.25, 0.3) is 0 Å². The molecule has 2 rings (SSSR count). The minimum Gasteiger partial charge on any atom is -0.497 e. The molecule has 0 heterocycles. The van der Waals surface area contributed by atoms with Crippen molar-refractivity contribution in [3.05, 3.63) is 65.5 Å². The van der Waals surface area contributed by atoms with Gasteiger partial charge in [0, 0.05) is 6.04 Å². The van der Waals surface area contributed by atoms with Crippen molar-refractivity contribution in [2.24, 2.45) is 0 Å². The Morgan fingerprint density at radius 1 is 0.955 bits per heavy atom. The number of nitrogens with one attached hydrogen (secondary N) is 1. The molecule has 0 radical (unpaired) electrons. The lowest BCUT2D eigenvalue weighted by Crippen LogP contribution is -2.28. The molecule has 3 heteroatoms. The summed E-state index contributed by atoms with van der Waals surface area (Å²) in [5.41, 5.74) is 2.49. The Hall–Kier alpha value is -1.87. The number of benzene rings is 2. The van der Waals surface area contributed by atoms with Gasteiger partial charge in [0.1, 0.15) is 11.6 Å². The smallest absolute Gasteiger partial charge is 0.123 e. The molecular weight excluding hydrogens is 277 g/mol. The van der Waals surface area contributed by atoms with Crippen LogP contribution in [0.2, 0.25) is 0 Å². The Balaban J connectivity index is 1.66. The second-order valence-corrected chi connectivity index (χ2v) is 5.62. The Morgan fingerprint density at radius 2 is 1.55 bits per heavy atom. The van der Waals surface area contributed by atoms with Gasteiger partial charge in [0.15, 0.2) is 0 Å². The van der Waals surface area contributed by atoms with Crippen molar-refractivity contribution in [2.75, 3.05) is 13.7 Å². The quantitative estimate of drug-likeness (QED) is 0.796. The molecule has 0 aromatic heterocycles. The van der Waals surface area contributed by atoms with Gasteiger partial charge in [0.25, 0.3) is 0 Å². The lowest BCUT2D eigenvalue weighted by Gasteiger charge is -2.14. The number of halogens is 1. The van der Waals surface area contributed by atoms with Crippen molar-refractivity contribution in [3.8, 4) is 5.75 Å². The first-order chi connectivity index (χ1) is 10.7. The second-order valence-electron chi connectivity index (χ2n) is 5.62. The molecule has 0 saturated heterocycles. The standard InChI is InChI=1S/C19H24FNO/c1-15(3-4-16-7-11-19(22-2)12-8-16)21-14-13-17-5-9-18(20)10-6-17/h5-12,15,21H,3-4,13-14H2,1-2H3/t15-/m1/s1. The fraction of sp³-hybridized carbons (Fsp3) is 0.368. The third-order valence-corrected chi connectivity index (χ3v) is 3.84. The average Bonchev–Trinajstić information content (AvgIpc) is 2.55. The van der Waals surface area contributed by atoms with E-state index in [4.69, 9.17) is 4.74 Å². The van der Waals surface area contributed by atoms with E-state index >= 15 is 0 Å². The van der Waals surface area contributed by atoms with Crippen LogP contribution in [-0.2, 0) is 12.8 Å². The summed E-state index contributed by atoms with van der Waals surface area (Å²) < 4.78 is 18.0. The highest BCUT2D eigenvalue weighted by molar-refractivity contribution is 5.27. The molecule has 2 aromatic rings. The summed E-state index contributed by atoms with van der Waals surface area (Å²) in [4.78, 5) is 0. The summed E-state index contributed by atoms with van der Waals surface area (Å²) in [7, 11) is 1.68. The summed E-state index contributed by atoms with van der Waals surface area (Å²) >= 11 is 0. The van der Waals surface area contributed by atoms with Crippen molar-refractivity contribution in [1.29, 1.82) is 0 Å². The minimum atomic E-state index is -0.176. The third kappa shape index (κ3) is 5.49. The van der Waals surface area contributed by atoms with Gasteiger partial charge in [0.2, 0.25) is 0 Å². The first-order valence-electron chi connectivity index (χ1n) is 7.78. The van der Waals surface area contributed by atoms with E-state index in [2.05, 4.69) is 24.4 Å². The maximum absolute atomic E-state index is 12.8. The van der Waals surface area contributed by atoms with Gasteiger partial charge < -0.3 is 10.1 Å². The van der Waals surface area contributed by atoms with Crippen LogP contribution in [0.5, 0.6) is 5.75 Å². The number of ether oxygens (including phenoxy) is 1. The van der Waals surface area contributed by atoms with Crippen LogP contribution in [0, 0.1) is 5.82 Å². The van der Waals surface area contributed by atoms with Gasteiger partial charge in [0.05, 0.1) is 7.11 Å². The second kappa shape index (κ2) is 8.54. The molecule has 0 aliphatic heterocycles. The summed E-state index contributed by atoms with van der Waals surface area (Å²) in [6, 6.07) is 15.4. The number of hydrogen-bond donors (Lipinski definition) is 1. The Labute approximate surface area is 132 Å². The van der Waals surface area contributed by atoms with Crippen LogP contribution in [0.3, 0.4) is 0 Å². The SMILES string of the molecule is COc1ccc(CC[C@@H](C)NCCc2ccc(F)cc2)cc1. The molecule has 0 aliphatic rings. The van der Waals surface area contributed by atoms with E-state index in [1.807, 2.05) is 24.3 Å². The Bertz CT molecular complexity index is 551. The summed E-state index contributed by atoms with van der Waals surface area (Å²) in [6.45, 7) is 3.11. The molecule has 2 nitrogen and oxygen atoms in total. The van der Waals surface area contributed by atoms with Crippen LogP contribution in [0.15, 0.2) is 48.5 Å². The first-order valence-corrected chi connectivity index (χ1v) is 7.78. The van der Waals surface area contributed by atoms with Crippen molar-refractivity contribution in [2.45, 2.75) is 32.2 Å². The molecule has 2 aromatic carbocycles. The van der Waals surface area contributed by atoms with Crippen molar-refractivity contribution in [3.63, 3.8) is 0 Å². The van der Waals surface area contributed by atoms with E-state index in [1.165, 1.54) is 17.7 Å². The summed E-state index contributed by atoms with van der Waals surface area (Å²) in [5.74, 6) is 0.721. The van der Waals surface area contributed by atoms with E-state index in [-0.39, 0.29) is 5.82 Å². The highest BCUT2D eigenvalue weighted by atomic mass is 19.1. The molecule has 0 amide bonds. The van der Waals surface area contributed by atoms with Crippen LogP contribution < -0.4 is 10.1 Å². The monoisotopic (exact) mass is 301 g/mol. The van der Waals surface area contributed by atoms with Gasteiger partial charge in [-0.25, -0.2) is 4.39 Å². The molecular formula is C19H24FNO. The van der Waals surface area contributed by atoms with Gasteiger partial charge in [-0.3, -0.25) is 0 Å². The van der Waals surface area contributed by atoms with E-state index < -0.39 is 0 Å². The number of aryl methyl sites for hydroxylation is 1. The highest BCUT2D eigenvalue weighted by Crippen LogP contribution is 2.13. The predicted molar refractivity (Wildman–Crippen MR) is 88.9 cm³/mol. The molecule has 22 heavy (non-hydrogen) atoms. The molecule has 0 unspecified atom stereocenters. The van der Waals surface area contributed by atoms with Crippen LogP contribution in [0.1, 0.15) is 24.5 Å². The Morgan fingerprint density at radius 3 is 2.18 bits per heavy atom. The summed E-state index contributed by atoms with van der Waals surface area (Å²) in [6.07, 6.45) is 3.07. The highest BCUT2D eigenvalue weighted by Gasteiger charge is 2.03. The third-order valence-electron chi connectivity index (χ3n) is 3.84. The largest absolute Gasteiger partial charge is 0.497 e. The predicted octanol–water partition coefficient (Wildman–Crippen LogP) is 3.99.